The smallest absolute Gasteiger partial charge is 0.269 e. The molecule has 4 nitrogen and oxygen atoms in total. The summed E-state index contributed by atoms with van der Waals surface area (Å²) in [6.45, 7) is 0. The van der Waals surface area contributed by atoms with Gasteiger partial charge in [-0.3, -0.25) is 10.1 Å². The van der Waals surface area contributed by atoms with E-state index < -0.39 is 0 Å². The van der Waals surface area contributed by atoms with E-state index in [0.717, 1.165) is 18.4 Å². The van der Waals surface area contributed by atoms with Gasteiger partial charge in [0.1, 0.15) is 0 Å². The van der Waals surface area contributed by atoms with Crippen LogP contribution in [0.2, 0.25) is 0 Å². The van der Waals surface area contributed by atoms with E-state index in [1.165, 1.54) is 6.07 Å². The van der Waals surface area contributed by atoms with E-state index in [1.807, 2.05) is 6.07 Å². The zero-order valence-electron chi connectivity index (χ0n) is 8.13. The van der Waals surface area contributed by atoms with Gasteiger partial charge in [0.05, 0.1) is 4.92 Å². The molecule has 0 aromatic heterocycles. The molecule has 82 valence electrons. The summed E-state index contributed by atoms with van der Waals surface area (Å²) < 4.78 is 0. The number of rotatable bonds is 3. The van der Waals surface area contributed by atoms with Gasteiger partial charge in [-0.05, 0) is 24.3 Å². The topological polar surface area (TPSA) is 69.2 Å². The van der Waals surface area contributed by atoms with E-state index in [4.69, 9.17) is 5.73 Å². The first-order valence-electron chi connectivity index (χ1n) is 4.68. The maximum atomic E-state index is 10.5. The first kappa shape index (κ1) is 11.9. The molecule has 1 aliphatic rings. The number of non-ortho nitro benzene ring substituents is 1. The second-order valence-electron chi connectivity index (χ2n) is 3.72. The molecule has 1 saturated carbocycles. The van der Waals surface area contributed by atoms with Crippen LogP contribution >= 0.6 is 12.4 Å². The SMILES string of the molecule is Cl.N[C@H](c1cccc([N+](=O)[O-])c1)C1CC1. The van der Waals surface area contributed by atoms with Crippen molar-refractivity contribution >= 4 is 18.1 Å². The van der Waals surface area contributed by atoms with Crippen LogP contribution in [0, 0.1) is 16.0 Å². The van der Waals surface area contributed by atoms with E-state index in [-0.39, 0.29) is 29.1 Å². The van der Waals surface area contributed by atoms with Gasteiger partial charge in [0, 0.05) is 18.2 Å². The van der Waals surface area contributed by atoms with Crippen molar-refractivity contribution in [3.63, 3.8) is 0 Å². The van der Waals surface area contributed by atoms with Crippen molar-refractivity contribution < 1.29 is 4.92 Å². The third kappa shape index (κ3) is 2.67. The van der Waals surface area contributed by atoms with Crippen LogP contribution in [-0.2, 0) is 0 Å². The van der Waals surface area contributed by atoms with E-state index in [2.05, 4.69) is 0 Å². The quantitative estimate of drug-likeness (QED) is 0.638. The van der Waals surface area contributed by atoms with Crippen molar-refractivity contribution in [2.24, 2.45) is 11.7 Å². The lowest BCUT2D eigenvalue weighted by atomic mass is 10.0. The summed E-state index contributed by atoms with van der Waals surface area (Å²) in [6.07, 6.45) is 2.29. The zero-order valence-corrected chi connectivity index (χ0v) is 8.94. The van der Waals surface area contributed by atoms with Crippen molar-refractivity contribution in [2.45, 2.75) is 18.9 Å². The van der Waals surface area contributed by atoms with Gasteiger partial charge in [-0.2, -0.15) is 0 Å². The molecule has 2 N–H and O–H groups in total. The number of halogens is 1. The minimum atomic E-state index is -0.386. The largest absolute Gasteiger partial charge is 0.324 e. The summed E-state index contributed by atoms with van der Waals surface area (Å²) in [5, 5.41) is 10.5. The molecule has 0 saturated heterocycles. The van der Waals surface area contributed by atoms with Crippen molar-refractivity contribution in [2.75, 3.05) is 0 Å². The van der Waals surface area contributed by atoms with Crippen LogP contribution in [0.4, 0.5) is 5.69 Å². The average molecular weight is 229 g/mol. The highest BCUT2D eigenvalue weighted by Gasteiger charge is 2.29. The van der Waals surface area contributed by atoms with Crippen LogP contribution in [0.5, 0.6) is 0 Å². The Labute approximate surface area is 94.0 Å². The number of benzene rings is 1. The van der Waals surface area contributed by atoms with Gasteiger partial charge in [-0.15, -0.1) is 12.4 Å². The summed E-state index contributed by atoms with van der Waals surface area (Å²) in [6, 6.07) is 6.58. The Morgan fingerprint density at radius 2 is 2.13 bits per heavy atom. The monoisotopic (exact) mass is 228 g/mol. The minimum absolute atomic E-state index is 0. The molecule has 2 rings (SSSR count). The second-order valence-corrected chi connectivity index (χ2v) is 3.72. The van der Waals surface area contributed by atoms with E-state index in [0.29, 0.717) is 5.92 Å². The van der Waals surface area contributed by atoms with Crippen LogP contribution in [0.25, 0.3) is 0 Å². The molecule has 5 heteroatoms. The van der Waals surface area contributed by atoms with Crippen LogP contribution < -0.4 is 5.73 Å². The summed E-state index contributed by atoms with van der Waals surface area (Å²) >= 11 is 0. The Morgan fingerprint density at radius 1 is 1.47 bits per heavy atom. The van der Waals surface area contributed by atoms with Gasteiger partial charge in [-0.1, -0.05) is 12.1 Å². The lowest BCUT2D eigenvalue weighted by Crippen LogP contribution is -2.12. The molecule has 15 heavy (non-hydrogen) atoms. The van der Waals surface area contributed by atoms with Crippen molar-refractivity contribution in [1.82, 2.24) is 0 Å². The number of hydrogen-bond acceptors (Lipinski definition) is 3. The Kier molecular flexibility index (Phi) is 3.66. The highest BCUT2D eigenvalue weighted by molar-refractivity contribution is 5.85. The molecule has 0 spiro atoms. The van der Waals surface area contributed by atoms with E-state index in [9.17, 15) is 10.1 Å². The van der Waals surface area contributed by atoms with Crippen molar-refractivity contribution in [1.29, 1.82) is 0 Å². The number of nitrogens with zero attached hydrogens (tertiary/aromatic N) is 1. The molecule has 0 amide bonds. The number of nitro groups is 1. The molecule has 1 aliphatic carbocycles. The maximum Gasteiger partial charge on any atom is 0.269 e. The zero-order chi connectivity index (χ0) is 10.1. The fraction of sp³-hybridized carbons (Fsp3) is 0.400. The molecule has 1 fully saturated rings. The van der Waals surface area contributed by atoms with Crippen molar-refractivity contribution in [3.8, 4) is 0 Å². The van der Waals surface area contributed by atoms with Gasteiger partial charge in [0.15, 0.2) is 0 Å². The van der Waals surface area contributed by atoms with Crippen molar-refractivity contribution in [3.05, 3.63) is 39.9 Å². The number of hydrogen-bond donors (Lipinski definition) is 1. The maximum absolute atomic E-state index is 10.5. The van der Waals surface area contributed by atoms with Crippen LogP contribution in [0.1, 0.15) is 24.4 Å². The molecule has 0 heterocycles. The van der Waals surface area contributed by atoms with Gasteiger partial charge >= 0.3 is 0 Å². The molecule has 1 aromatic rings. The van der Waals surface area contributed by atoms with Gasteiger partial charge in [0.2, 0.25) is 0 Å². The highest BCUT2D eigenvalue weighted by atomic mass is 35.5. The average Bonchev–Trinajstić information content (AvgIpc) is 3.00. The fourth-order valence-corrected chi connectivity index (χ4v) is 1.57. The lowest BCUT2D eigenvalue weighted by Gasteiger charge is -2.09. The molecule has 1 atom stereocenters. The Bertz CT molecular complexity index is 366. The minimum Gasteiger partial charge on any atom is -0.324 e. The predicted molar refractivity (Wildman–Crippen MR) is 60.0 cm³/mol. The third-order valence-corrected chi connectivity index (χ3v) is 2.60. The fourth-order valence-electron chi connectivity index (χ4n) is 1.57. The first-order chi connectivity index (χ1) is 6.68. The van der Waals surface area contributed by atoms with Crippen LogP contribution in [0.3, 0.4) is 0 Å². The number of nitro benzene ring substituents is 1. The second kappa shape index (κ2) is 4.59. The normalized spacial score (nSPS) is 16.6. The molecule has 0 radical (unpaired) electrons. The predicted octanol–water partition coefficient (Wildman–Crippen LogP) is 2.43. The molecule has 1 aromatic carbocycles. The lowest BCUT2D eigenvalue weighted by molar-refractivity contribution is -0.384. The molecule has 0 bridgehead atoms. The Hall–Kier alpha value is -1.13. The summed E-state index contributed by atoms with van der Waals surface area (Å²) in [5.41, 5.74) is 6.95. The molecular formula is C10H13ClN2O2. The molecule has 0 aliphatic heterocycles. The van der Waals surface area contributed by atoms with Gasteiger partial charge in [-0.25, -0.2) is 0 Å². The Balaban J connectivity index is 0.00000112. The van der Waals surface area contributed by atoms with Crippen LogP contribution in [-0.4, -0.2) is 4.92 Å². The summed E-state index contributed by atoms with van der Waals surface area (Å²) in [7, 11) is 0. The van der Waals surface area contributed by atoms with E-state index in [1.54, 1.807) is 12.1 Å². The first-order valence-corrected chi connectivity index (χ1v) is 4.68. The van der Waals surface area contributed by atoms with Gasteiger partial charge in [0.25, 0.3) is 5.69 Å². The molecule has 0 unspecified atom stereocenters. The van der Waals surface area contributed by atoms with Gasteiger partial charge < -0.3 is 5.73 Å². The standard InChI is InChI=1S/C10H12N2O2.ClH/c11-10(7-4-5-7)8-2-1-3-9(6-8)12(13)14;/h1-3,6-7,10H,4-5,11H2;1H/t10-;/m0./s1. The highest BCUT2D eigenvalue weighted by Crippen LogP contribution is 2.39. The summed E-state index contributed by atoms with van der Waals surface area (Å²) in [5.74, 6) is 0.525. The Morgan fingerprint density at radius 3 is 2.67 bits per heavy atom. The molecular weight excluding hydrogens is 216 g/mol. The van der Waals surface area contributed by atoms with Crippen LogP contribution in [0.15, 0.2) is 24.3 Å². The summed E-state index contributed by atoms with van der Waals surface area (Å²) in [4.78, 5) is 10.1. The third-order valence-electron chi connectivity index (χ3n) is 2.60. The number of nitrogens with two attached hydrogens (primary N) is 1. The van der Waals surface area contributed by atoms with E-state index >= 15 is 0 Å².